The number of amides is 2. The molecule has 2 aromatic rings. The van der Waals surface area contributed by atoms with Gasteiger partial charge in [0, 0.05) is 25.3 Å². The molecular formula is C19H25N3O2S. The zero-order valence-electron chi connectivity index (χ0n) is 14.9. The Hall–Kier alpha value is -2.34. The normalized spacial score (nSPS) is 11.6. The van der Waals surface area contributed by atoms with Crippen molar-refractivity contribution >= 4 is 28.8 Å². The second-order valence-corrected chi connectivity index (χ2v) is 6.83. The number of hydrogen-bond donors (Lipinski definition) is 2. The van der Waals surface area contributed by atoms with Gasteiger partial charge in [0.1, 0.15) is 6.04 Å². The van der Waals surface area contributed by atoms with E-state index in [1.165, 1.54) is 16.9 Å². The summed E-state index contributed by atoms with van der Waals surface area (Å²) in [4.78, 5) is 27.0. The summed E-state index contributed by atoms with van der Waals surface area (Å²) in [6.45, 7) is 7.96. The van der Waals surface area contributed by atoms with Crippen LogP contribution in [-0.2, 0) is 4.79 Å². The zero-order valence-corrected chi connectivity index (χ0v) is 15.7. The molecule has 6 heteroatoms. The maximum Gasteiger partial charge on any atom is 0.261 e. The summed E-state index contributed by atoms with van der Waals surface area (Å²) >= 11 is 1.36. The molecule has 1 unspecified atom stereocenters. The lowest BCUT2D eigenvalue weighted by Crippen LogP contribution is -2.46. The third-order valence-corrected chi connectivity index (χ3v) is 4.78. The second kappa shape index (κ2) is 9.22. The van der Waals surface area contributed by atoms with Gasteiger partial charge < -0.3 is 15.5 Å². The van der Waals surface area contributed by atoms with Gasteiger partial charge in [0.25, 0.3) is 5.91 Å². The summed E-state index contributed by atoms with van der Waals surface area (Å²) in [5.74, 6) is -0.391. The first kappa shape index (κ1) is 19.0. The van der Waals surface area contributed by atoms with Gasteiger partial charge in [-0.25, -0.2) is 0 Å². The van der Waals surface area contributed by atoms with Gasteiger partial charge in [0.05, 0.1) is 4.88 Å². The van der Waals surface area contributed by atoms with Crippen molar-refractivity contribution in [1.29, 1.82) is 0 Å². The molecule has 0 bridgehead atoms. The smallest absolute Gasteiger partial charge is 0.261 e. The molecule has 0 spiro atoms. The zero-order chi connectivity index (χ0) is 18.2. The maximum atomic E-state index is 12.2. The highest BCUT2D eigenvalue weighted by molar-refractivity contribution is 7.12. The Morgan fingerprint density at radius 2 is 2.04 bits per heavy atom. The Morgan fingerprint density at radius 1 is 1.24 bits per heavy atom. The van der Waals surface area contributed by atoms with Gasteiger partial charge in [0.15, 0.2) is 0 Å². The Labute approximate surface area is 153 Å². The SMILES string of the molecule is CCN(CCNC(=O)C(C)NC(=O)c1cccs1)c1cccc(C)c1. The Kier molecular flexibility index (Phi) is 7.01. The van der Waals surface area contributed by atoms with E-state index in [9.17, 15) is 9.59 Å². The number of anilines is 1. The van der Waals surface area contributed by atoms with Gasteiger partial charge in [-0.05, 0) is 49.9 Å². The van der Waals surface area contributed by atoms with E-state index in [4.69, 9.17) is 0 Å². The van der Waals surface area contributed by atoms with Crippen LogP contribution in [0.25, 0.3) is 0 Å². The van der Waals surface area contributed by atoms with Crippen molar-refractivity contribution in [3.8, 4) is 0 Å². The molecule has 25 heavy (non-hydrogen) atoms. The van der Waals surface area contributed by atoms with Crippen LogP contribution in [0.2, 0.25) is 0 Å². The number of hydrogen-bond acceptors (Lipinski definition) is 4. The van der Waals surface area contributed by atoms with E-state index in [1.807, 2.05) is 17.5 Å². The molecule has 1 heterocycles. The van der Waals surface area contributed by atoms with Crippen molar-refractivity contribution in [2.45, 2.75) is 26.8 Å². The lowest BCUT2D eigenvalue weighted by Gasteiger charge is -2.24. The van der Waals surface area contributed by atoms with Crippen molar-refractivity contribution in [3.63, 3.8) is 0 Å². The molecule has 1 aromatic heterocycles. The number of nitrogens with one attached hydrogen (secondary N) is 2. The van der Waals surface area contributed by atoms with Crippen LogP contribution in [0.5, 0.6) is 0 Å². The lowest BCUT2D eigenvalue weighted by molar-refractivity contribution is -0.122. The standard InChI is InChI=1S/C19H25N3O2S/c1-4-22(16-8-5-7-14(2)13-16)11-10-20-18(23)15(3)21-19(24)17-9-6-12-25-17/h5-9,12-13,15H,4,10-11H2,1-3H3,(H,20,23)(H,21,24). The topological polar surface area (TPSA) is 61.4 Å². The molecule has 0 aliphatic rings. The number of nitrogens with zero attached hydrogens (tertiary/aromatic N) is 1. The third-order valence-electron chi connectivity index (χ3n) is 3.92. The number of rotatable bonds is 8. The minimum absolute atomic E-state index is 0.176. The van der Waals surface area contributed by atoms with Crippen LogP contribution in [0, 0.1) is 6.92 Å². The molecule has 0 radical (unpaired) electrons. The second-order valence-electron chi connectivity index (χ2n) is 5.88. The summed E-state index contributed by atoms with van der Waals surface area (Å²) in [7, 11) is 0. The largest absolute Gasteiger partial charge is 0.370 e. The average Bonchev–Trinajstić information content (AvgIpc) is 3.13. The molecule has 0 aliphatic heterocycles. The monoisotopic (exact) mass is 359 g/mol. The number of carbonyl (C=O) groups is 2. The number of aryl methyl sites for hydroxylation is 1. The lowest BCUT2D eigenvalue weighted by atomic mass is 10.2. The molecule has 2 rings (SSSR count). The van der Waals surface area contributed by atoms with Crippen molar-refractivity contribution < 1.29 is 9.59 Å². The summed E-state index contributed by atoms with van der Waals surface area (Å²) in [5, 5.41) is 7.45. The van der Waals surface area contributed by atoms with E-state index in [2.05, 4.69) is 47.6 Å². The van der Waals surface area contributed by atoms with E-state index in [1.54, 1.807) is 13.0 Å². The summed E-state index contributed by atoms with van der Waals surface area (Å²) in [6, 6.07) is 11.3. The Bertz CT molecular complexity index is 700. The molecule has 5 nitrogen and oxygen atoms in total. The van der Waals surface area contributed by atoms with Crippen LogP contribution in [0.1, 0.15) is 29.1 Å². The Morgan fingerprint density at radius 3 is 2.68 bits per heavy atom. The summed E-state index contributed by atoms with van der Waals surface area (Å²) in [5.41, 5.74) is 2.36. The highest BCUT2D eigenvalue weighted by atomic mass is 32.1. The molecule has 0 aliphatic carbocycles. The molecule has 2 N–H and O–H groups in total. The minimum Gasteiger partial charge on any atom is -0.370 e. The number of benzene rings is 1. The number of carbonyl (C=O) groups excluding carboxylic acids is 2. The molecule has 0 saturated heterocycles. The van der Waals surface area contributed by atoms with E-state index in [0.29, 0.717) is 11.4 Å². The quantitative estimate of drug-likeness (QED) is 0.762. The van der Waals surface area contributed by atoms with Gasteiger partial charge in [-0.2, -0.15) is 0 Å². The number of thiophene rings is 1. The highest BCUT2D eigenvalue weighted by Crippen LogP contribution is 2.15. The predicted molar refractivity (Wildman–Crippen MR) is 103 cm³/mol. The molecule has 1 aromatic carbocycles. The van der Waals surface area contributed by atoms with Crippen LogP contribution in [-0.4, -0.2) is 37.5 Å². The van der Waals surface area contributed by atoms with Crippen molar-refractivity contribution in [2.24, 2.45) is 0 Å². The third kappa shape index (κ3) is 5.60. The molecular weight excluding hydrogens is 334 g/mol. The van der Waals surface area contributed by atoms with Crippen molar-refractivity contribution in [3.05, 3.63) is 52.2 Å². The fourth-order valence-electron chi connectivity index (χ4n) is 2.50. The van der Waals surface area contributed by atoms with E-state index in [-0.39, 0.29) is 11.8 Å². The molecule has 1 atom stereocenters. The van der Waals surface area contributed by atoms with Gasteiger partial charge in [-0.3, -0.25) is 9.59 Å². The summed E-state index contributed by atoms with van der Waals surface area (Å²) < 4.78 is 0. The predicted octanol–water partition coefficient (Wildman–Crippen LogP) is 2.82. The first-order valence-electron chi connectivity index (χ1n) is 8.45. The minimum atomic E-state index is -0.566. The van der Waals surface area contributed by atoms with Crippen molar-refractivity contribution in [2.75, 3.05) is 24.5 Å². The van der Waals surface area contributed by atoms with Crippen molar-refractivity contribution in [1.82, 2.24) is 10.6 Å². The average molecular weight is 359 g/mol. The van der Waals surface area contributed by atoms with Gasteiger partial charge in [-0.15, -0.1) is 11.3 Å². The summed E-state index contributed by atoms with van der Waals surface area (Å²) in [6.07, 6.45) is 0. The van der Waals surface area contributed by atoms with Crippen LogP contribution in [0.3, 0.4) is 0 Å². The van der Waals surface area contributed by atoms with Crippen LogP contribution in [0.15, 0.2) is 41.8 Å². The van der Waals surface area contributed by atoms with E-state index in [0.717, 1.165) is 18.8 Å². The van der Waals surface area contributed by atoms with Crippen LogP contribution >= 0.6 is 11.3 Å². The van der Waals surface area contributed by atoms with Crippen LogP contribution in [0.4, 0.5) is 5.69 Å². The van der Waals surface area contributed by atoms with Gasteiger partial charge in [-0.1, -0.05) is 18.2 Å². The molecule has 134 valence electrons. The van der Waals surface area contributed by atoms with Gasteiger partial charge in [0.2, 0.25) is 5.91 Å². The van der Waals surface area contributed by atoms with Crippen LogP contribution < -0.4 is 15.5 Å². The fourth-order valence-corrected chi connectivity index (χ4v) is 3.13. The highest BCUT2D eigenvalue weighted by Gasteiger charge is 2.17. The Balaban J connectivity index is 1.79. The van der Waals surface area contributed by atoms with Gasteiger partial charge >= 0.3 is 0 Å². The molecule has 0 saturated carbocycles. The molecule has 0 fully saturated rings. The first-order chi connectivity index (χ1) is 12.0. The first-order valence-corrected chi connectivity index (χ1v) is 9.33. The maximum absolute atomic E-state index is 12.2. The van der Waals surface area contributed by atoms with E-state index >= 15 is 0 Å². The fraction of sp³-hybridized carbons (Fsp3) is 0.368. The van der Waals surface area contributed by atoms with E-state index < -0.39 is 6.04 Å². The molecule has 2 amide bonds. The number of likely N-dealkylation sites (N-methyl/N-ethyl adjacent to an activating group) is 1.